The van der Waals surface area contributed by atoms with Gasteiger partial charge in [-0.1, -0.05) is 6.92 Å². The second kappa shape index (κ2) is 5.95. The van der Waals surface area contributed by atoms with E-state index in [4.69, 9.17) is 4.74 Å². The van der Waals surface area contributed by atoms with Gasteiger partial charge in [-0.05, 0) is 25.5 Å². The van der Waals surface area contributed by atoms with E-state index in [0.717, 1.165) is 6.42 Å². The van der Waals surface area contributed by atoms with Crippen LogP contribution in [0.1, 0.15) is 30.6 Å². The molecule has 1 unspecified atom stereocenters. The van der Waals surface area contributed by atoms with E-state index in [1.807, 2.05) is 13.8 Å². The minimum atomic E-state index is -0.683. The van der Waals surface area contributed by atoms with Crippen LogP contribution in [-0.4, -0.2) is 37.3 Å². The lowest BCUT2D eigenvalue weighted by molar-refractivity contribution is -0.122. The van der Waals surface area contributed by atoms with Crippen LogP contribution >= 0.6 is 0 Å². The Labute approximate surface area is 123 Å². The van der Waals surface area contributed by atoms with Crippen LogP contribution in [0.3, 0.4) is 0 Å². The summed E-state index contributed by atoms with van der Waals surface area (Å²) >= 11 is 0. The monoisotopic (exact) mass is 290 g/mol. The fourth-order valence-electron chi connectivity index (χ4n) is 2.12. The molecule has 0 aliphatic carbocycles. The van der Waals surface area contributed by atoms with Crippen molar-refractivity contribution < 1.29 is 19.1 Å². The first-order chi connectivity index (χ1) is 9.97. The summed E-state index contributed by atoms with van der Waals surface area (Å²) in [4.78, 5) is 37.0. The predicted octanol–water partition coefficient (Wildman–Crippen LogP) is 1.14. The van der Waals surface area contributed by atoms with Gasteiger partial charge in [0.05, 0.1) is 18.4 Å². The molecule has 0 bridgehead atoms. The van der Waals surface area contributed by atoms with Crippen LogP contribution in [0.5, 0.6) is 5.75 Å². The summed E-state index contributed by atoms with van der Waals surface area (Å²) < 4.78 is 5.10. The number of hydrogen-bond acceptors (Lipinski definition) is 4. The highest BCUT2D eigenvalue weighted by Gasteiger charge is 2.37. The number of rotatable bonds is 5. The molecule has 0 saturated heterocycles. The number of ketones is 1. The summed E-state index contributed by atoms with van der Waals surface area (Å²) in [7, 11) is 1.50. The molecule has 1 aliphatic rings. The van der Waals surface area contributed by atoms with E-state index in [1.165, 1.54) is 12.0 Å². The molecule has 6 heteroatoms. The molecule has 2 rings (SSSR count). The zero-order chi connectivity index (χ0) is 15.6. The fourth-order valence-corrected chi connectivity index (χ4v) is 2.12. The zero-order valence-corrected chi connectivity index (χ0v) is 12.3. The maximum absolute atomic E-state index is 12.0. The van der Waals surface area contributed by atoms with Crippen molar-refractivity contribution in [2.24, 2.45) is 0 Å². The highest BCUT2D eigenvalue weighted by atomic mass is 16.5. The van der Waals surface area contributed by atoms with Crippen LogP contribution in [0.2, 0.25) is 0 Å². The van der Waals surface area contributed by atoms with Crippen molar-refractivity contribution in [1.82, 2.24) is 5.32 Å². The molecule has 1 aromatic rings. The number of amides is 2. The van der Waals surface area contributed by atoms with Crippen molar-refractivity contribution in [3.8, 4) is 5.75 Å². The number of Topliss-reactive ketones (excluding diaryl/α,β-unsaturated/α-hetero) is 1. The van der Waals surface area contributed by atoms with E-state index in [-0.39, 0.29) is 18.5 Å². The molecule has 1 aliphatic heterocycles. The molecule has 112 valence electrons. The van der Waals surface area contributed by atoms with Crippen molar-refractivity contribution >= 4 is 23.3 Å². The largest absolute Gasteiger partial charge is 0.497 e. The Morgan fingerprint density at radius 3 is 2.71 bits per heavy atom. The van der Waals surface area contributed by atoms with Crippen molar-refractivity contribution in [2.45, 2.75) is 26.3 Å². The van der Waals surface area contributed by atoms with E-state index >= 15 is 0 Å². The maximum atomic E-state index is 12.0. The topological polar surface area (TPSA) is 75.7 Å². The van der Waals surface area contributed by atoms with Gasteiger partial charge in [0.15, 0.2) is 0 Å². The minimum Gasteiger partial charge on any atom is -0.497 e. The lowest BCUT2D eigenvalue weighted by Gasteiger charge is -2.18. The number of anilines is 1. The molecule has 21 heavy (non-hydrogen) atoms. The molecule has 1 atom stereocenters. The van der Waals surface area contributed by atoms with Crippen LogP contribution < -0.4 is 15.0 Å². The van der Waals surface area contributed by atoms with Crippen LogP contribution in [0.15, 0.2) is 18.2 Å². The summed E-state index contributed by atoms with van der Waals surface area (Å²) in [6.45, 7) is 3.66. The molecule has 6 nitrogen and oxygen atoms in total. The number of benzene rings is 1. The normalized spacial score (nSPS) is 14.9. The molecule has 1 aromatic carbocycles. The van der Waals surface area contributed by atoms with E-state index in [2.05, 4.69) is 5.32 Å². The van der Waals surface area contributed by atoms with Crippen molar-refractivity contribution in [3.05, 3.63) is 23.8 Å². The number of methoxy groups -OCH3 is 1. The number of fused-ring (bicyclic) bond motifs is 1. The number of nitrogens with one attached hydrogen (secondary N) is 1. The van der Waals surface area contributed by atoms with Crippen molar-refractivity contribution in [3.63, 3.8) is 0 Å². The molecular weight excluding hydrogens is 272 g/mol. The second-order valence-electron chi connectivity index (χ2n) is 4.98. The number of hydrogen-bond donors (Lipinski definition) is 1. The number of nitrogens with zero attached hydrogens (tertiary/aromatic N) is 1. The molecule has 0 radical (unpaired) electrons. The van der Waals surface area contributed by atoms with Crippen molar-refractivity contribution in [1.29, 1.82) is 0 Å². The average molecular weight is 290 g/mol. The van der Waals surface area contributed by atoms with E-state index in [1.54, 1.807) is 18.2 Å². The third kappa shape index (κ3) is 2.89. The van der Waals surface area contributed by atoms with E-state index in [0.29, 0.717) is 17.0 Å². The smallest absolute Gasteiger partial charge is 0.299 e. The van der Waals surface area contributed by atoms with Crippen LogP contribution in [0.25, 0.3) is 0 Å². The van der Waals surface area contributed by atoms with Gasteiger partial charge in [0.2, 0.25) is 5.91 Å². The summed E-state index contributed by atoms with van der Waals surface area (Å²) in [6.07, 6.45) is 0.795. The molecule has 0 aromatic heterocycles. The van der Waals surface area contributed by atoms with E-state index < -0.39 is 11.7 Å². The minimum absolute atomic E-state index is 0.0238. The van der Waals surface area contributed by atoms with Gasteiger partial charge in [0, 0.05) is 12.1 Å². The molecule has 0 saturated carbocycles. The van der Waals surface area contributed by atoms with Gasteiger partial charge < -0.3 is 10.1 Å². The lowest BCUT2D eigenvalue weighted by atomic mass is 10.1. The van der Waals surface area contributed by atoms with Gasteiger partial charge in [-0.25, -0.2) is 0 Å². The number of carbonyl (C=O) groups is 3. The quantitative estimate of drug-likeness (QED) is 0.825. The van der Waals surface area contributed by atoms with E-state index in [9.17, 15) is 14.4 Å². The molecule has 1 N–H and O–H groups in total. The third-order valence-electron chi connectivity index (χ3n) is 3.50. The lowest BCUT2D eigenvalue weighted by Crippen LogP contribution is -2.42. The van der Waals surface area contributed by atoms with Gasteiger partial charge in [-0.2, -0.15) is 0 Å². The Hall–Kier alpha value is -2.37. The Morgan fingerprint density at radius 1 is 1.38 bits per heavy atom. The summed E-state index contributed by atoms with van der Waals surface area (Å²) in [6, 6.07) is 4.78. The Bertz CT molecular complexity index is 597. The Balaban J connectivity index is 2.23. The highest BCUT2D eigenvalue weighted by Crippen LogP contribution is 2.32. The number of ether oxygens (including phenoxy) is 1. The summed E-state index contributed by atoms with van der Waals surface area (Å²) in [5, 5.41) is 2.78. The molecular formula is C15H18N2O4. The standard InChI is InChI=1S/C15H18N2O4/c1-4-9(2)16-13(18)8-17-12-7-10(21-3)5-6-11(12)14(19)15(17)20/h5-7,9H,4,8H2,1-3H3,(H,16,18). The maximum Gasteiger partial charge on any atom is 0.299 e. The van der Waals surface area contributed by atoms with Crippen LogP contribution in [0.4, 0.5) is 5.69 Å². The fraction of sp³-hybridized carbons (Fsp3) is 0.400. The zero-order valence-electron chi connectivity index (χ0n) is 12.3. The third-order valence-corrected chi connectivity index (χ3v) is 3.50. The number of carbonyl (C=O) groups excluding carboxylic acids is 3. The first kappa shape index (κ1) is 15.0. The van der Waals surface area contributed by atoms with Crippen molar-refractivity contribution in [2.75, 3.05) is 18.6 Å². The Kier molecular flexibility index (Phi) is 4.26. The summed E-state index contributed by atoms with van der Waals surface area (Å²) in [5.74, 6) is -1.04. The second-order valence-corrected chi connectivity index (χ2v) is 4.98. The first-order valence-electron chi connectivity index (χ1n) is 6.81. The van der Waals surface area contributed by atoms with Crippen LogP contribution in [0, 0.1) is 0 Å². The molecule has 2 amide bonds. The SMILES string of the molecule is CCC(C)NC(=O)CN1C(=O)C(=O)c2ccc(OC)cc21. The van der Waals surface area contributed by atoms with Gasteiger partial charge >= 0.3 is 0 Å². The highest BCUT2D eigenvalue weighted by molar-refractivity contribution is 6.52. The first-order valence-corrected chi connectivity index (χ1v) is 6.81. The van der Waals surface area contributed by atoms with Gasteiger partial charge in [0.1, 0.15) is 12.3 Å². The predicted molar refractivity (Wildman–Crippen MR) is 77.6 cm³/mol. The van der Waals surface area contributed by atoms with Gasteiger partial charge in [-0.15, -0.1) is 0 Å². The average Bonchev–Trinajstić information content (AvgIpc) is 2.71. The van der Waals surface area contributed by atoms with Gasteiger partial charge in [-0.3, -0.25) is 19.3 Å². The molecule has 1 heterocycles. The van der Waals surface area contributed by atoms with Gasteiger partial charge in [0.25, 0.3) is 11.7 Å². The Morgan fingerprint density at radius 2 is 2.10 bits per heavy atom. The molecule has 0 spiro atoms. The summed E-state index contributed by atoms with van der Waals surface area (Å²) in [5.41, 5.74) is 0.723. The van der Waals surface area contributed by atoms with Crippen LogP contribution in [-0.2, 0) is 9.59 Å². The molecule has 0 fully saturated rings.